The lowest BCUT2D eigenvalue weighted by molar-refractivity contribution is -0.137. The largest absolute Gasteiger partial charge is 0.481 e. The molecule has 0 bridgehead atoms. The van der Waals surface area contributed by atoms with Gasteiger partial charge in [-0.1, -0.05) is 6.92 Å². The van der Waals surface area contributed by atoms with Crippen LogP contribution in [0.2, 0.25) is 0 Å². The molecule has 0 aromatic carbocycles. The Kier molecular flexibility index (Phi) is 5.89. The molecule has 108 valence electrons. The third-order valence-corrected chi connectivity index (χ3v) is 5.48. The number of nitrogens with one attached hydrogen (secondary N) is 1. The molecule has 2 N–H and O–H groups in total. The number of nitrogens with zero attached hydrogens (tertiary/aromatic N) is 1. The van der Waals surface area contributed by atoms with E-state index in [1.165, 1.54) is 6.20 Å². The minimum atomic E-state index is -3.48. The zero-order valence-corrected chi connectivity index (χ0v) is 12.6. The van der Waals surface area contributed by atoms with Crippen LogP contribution in [0.3, 0.4) is 0 Å². The second-order valence-electron chi connectivity index (χ2n) is 4.42. The van der Waals surface area contributed by atoms with Gasteiger partial charge in [-0.25, -0.2) is 18.1 Å². The van der Waals surface area contributed by atoms with Gasteiger partial charge in [0.05, 0.1) is 11.2 Å². The maximum atomic E-state index is 11.9. The Morgan fingerprint density at radius 2 is 2.21 bits per heavy atom. The fourth-order valence-corrected chi connectivity index (χ4v) is 3.69. The van der Waals surface area contributed by atoms with Crippen LogP contribution in [0.15, 0.2) is 10.4 Å². The number of carboxylic acids is 1. The van der Waals surface area contributed by atoms with Crippen molar-refractivity contribution >= 4 is 27.3 Å². The number of rotatable bonds is 8. The smallest absolute Gasteiger partial charge is 0.303 e. The first-order valence-corrected chi connectivity index (χ1v) is 8.25. The van der Waals surface area contributed by atoms with E-state index in [1.807, 2.05) is 6.92 Å². The molecule has 0 saturated carbocycles. The molecule has 0 aliphatic carbocycles. The molecule has 1 aromatic heterocycles. The van der Waals surface area contributed by atoms with E-state index in [-0.39, 0.29) is 16.5 Å². The van der Waals surface area contributed by atoms with Gasteiger partial charge < -0.3 is 5.11 Å². The second-order valence-corrected chi connectivity index (χ2v) is 7.65. The minimum Gasteiger partial charge on any atom is -0.481 e. The van der Waals surface area contributed by atoms with Gasteiger partial charge in [0.15, 0.2) is 4.21 Å². The zero-order chi connectivity index (χ0) is 14.5. The number of hydrogen-bond donors (Lipinski definition) is 2. The van der Waals surface area contributed by atoms with Crippen molar-refractivity contribution in [3.8, 4) is 0 Å². The van der Waals surface area contributed by atoms with Crippen LogP contribution in [-0.4, -0.2) is 31.0 Å². The summed E-state index contributed by atoms with van der Waals surface area (Å²) < 4.78 is 26.4. The van der Waals surface area contributed by atoms with Crippen LogP contribution in [0.25, 0.3) is 0 Å². The molecule has 1 aromatic rings. The summed E-state index contributed by atoms with van der Waals surface area (Å²) in [5.74, 6) is -0.658. The predicted octanol–water partition coefficient (Wildman–Crippen LogP) is 1.62. The fraction of sp³-hybridized carbons (Fsp3) is 0.636. The molecule has 0 aliphatic rings. The highest BCUT2D eigenvalue weighted by Gasteiger charge is 2.16. The molecule has 19 heavy (non-hydrogen) atoms. The van der Waals surface area contributed by atoms with Gasteiger partial charge in [-0.3, -0.25) is 4.79 Å². The lowest BCUT2D eigenvalue weighted by Gasteiger charge is -2.10. The van der Waals surface area contributed by atoms with Crippen molar-refractivity contribution in [2.45, 2.75) is 37.3 Å². The SMILES string of the molecule is Cc1ncc(S(=O)(=O)NCCC(C)CCC(=O)O)s1. The first-order chi connectivity index (χ1) is 8.81. The zero-order valence-electron chi connectivity index (χ0n) is 10.9. The second kappa shape index (κ2) is 6.97. The molecular weight excluding hydrogens is 288 g/mol. The van der Waals surface area contributed by atoms with Gasteiger partial charge in [-0.15, -0.1) is 11.3 Å². The average molecular weight is 306 g/mol. The number of hydrogen-bond acceptors (Lipinski definition) is 5. The van der Waals surface area contributed by atoms with E-state index >= 15 is 0 Å². The van der Waals surface area contributed by atoms with Crippen molar-refractivity contribution in [1.82, 2.24) is 9.71 Å². The Labute approximate surface area is 116 Å². The molecule has 0 aliphatic heterocycles. The van der Waals surface area contributed by atoms with Crippen molar-refractivity contribution in [2.24, 2.45) is 5.92 Å². The Hall–Kier alpha value is -0.990. The maximum Gasteiger partial charge on any atom is 0.303 e. The molecule has 1 atom stereocenters. The van der Waals surface area contributed by atoms with E-state index in [4.69, 9.17) is 5.11 Å². The number of carboxylic acid groups (broad SMARTS) is 1. The maximum absolute atomic E-state index is 11.9. The Morgan fingerprint density at radius 3 is 2.74 bits per heavy atom. The van der Waals surface area contributed by atoms with E-state index < -0.39 is 16.0 Å². The first-order valence-electron chi connectivity index (χ1n) is 5.95. The topological polar surface area (TPSA) is 96.4 Å². The van der Waals surface area contributed by atoms with Crippen molar-refractivity contribution in [1.29, 1.82) is 0 Å². The van der Waals surface area contributed by atoms with Crippen LogP contribution < -0.4 is 4.72 Å². The van der Waals surface area contributed by atoms with E-state index in [0.29, 0.717) is 24.4 Å². The highest BCUT2D eigenvalue weighted by atomic mass is 32.2. The van der Waals surface area contributed by atoms with Crippen LogP contribution >= 0.6 is 11.3 Å². The van der Waals surface area contributed by atoms with Gasteiger partial charge in [-0.05, 0) is 25.7 Å². The lowest BCUT2D eigenvalue weighted by atomic mass is 10.0. The predicted molar refractivity (Wildman–Crippen MR) is 72.7 cm³/mol. The third kappa shape index (κ3) is 5.66. The molecule has 8 heteroatoms. The number of thiazole rings is 1. The highest BCUT2D eigenvalue weighted by Crippen LogP contribution is 2.17. The molecule has 0 amide bonds. The average Bonchev–Trinajstić information content (AvgIpc) is 2.74. The monoisotopic (exact) mass is 306 g/mol. The lowest BCUT2D eigenvalue weighted by Crippen LogP contribution is -2.25. The molecule has 6 nitrogen and oxygen atoms in total. The Morgan fingerprint density at radius 1 is 1.53 bits per heavy atom. The van der Waals surface area contributed by atoms with Gasteiger partial charge in [0.25, 0.3) is 10.0 Å². The fourth-order valence-electron chi connectivity index (χ4n) is 1.49. The summed E-state index contributed by atoms with van der Waals surface area (Å²) >= 11 is 1.13. The minimum absolute atomic E-state index is 0.113. The number of aryl methyl sites for hydroxylation is 1. The van der Waals surface area contributed by atoms with Crippen molar-refractivity contribution < 1.29 is 18.3 Å². The molecule has 1 heterocycles. The summed E-state index contributed by atoms with van der Waals surface area (Å²) in [6.45, 7) is 3.96. The summed E-state index contributed by atoms with van der Waals surface area (Å²) in [7, 11) is -3.48. The molecule has 1 rings (SSSR count). The van der Waals surface area contributed by atoms with E-state index in [1.54, 1.807) is 6.92 Å². The Bertz CT molecular complexity index is 525. The molecule has 0 spiro atoms. The van der Waals surface area contributed by atoms with E-state index in [9.17, 15) is 13.2 Å². The van der Waals surface area contributed by atoms with Crippen molar-refractivity contribution in [3.63, 3.8) is 0 Å². The van der Waals surface area contributed by atoms with Gasteiger partial charge >= 0.3 is 5.97 Å². The molecule has 0 fully saturated rings. The standard InChI is InChI=1S/C11H18N2O4S2/c1-8(3-4-10(14)15)5-6-13-19(16,17)11-7-12-9(2)18-11/h7-8,13H,3-6H2,1-2H3,(H,14,15). The van der Waals surface area contributed by atoms with Gasteiger partial charge in [0.1, 0.15) is 0 Å². The highest BCUT2D eigenvalue weighted by molar-refractivity contribution is 7.91. The van der Waals surface area contributed by atoms with Gasteiger partial charge in [0.2, 0.25) is 0 Å². The quantitative estimate of drug-likeness (QED) is 0.761. The Balaban J connectivity index is 2.38. The van der Waals surface area contributed by atoms with Crippen LogP contribution in [0.4, 0.5) is 0 Å². The molecule has 1 unspecified atom stereocenters. The van der Waals surface area contributed by atoms with Crippen molar-refractivity contribution in [2.75, 3.05) is 6.54 Å². The normalized spacial score (nSPS) is 13.4. The van der Waals surface area contributed by atoms with Gasteiger partial charge in [0, 0.05) is 13.0 Å². The third-order valence-electron chi connectivity index (χ3n) is 2.65. The summed E-state index contributed by atoms with van der Waals surface area (Å²) in [6.07, 6.45) is 2.62. The number of aliphatic carboxylic acids is 1. The van der Waals surface area contributed by atoms with Gasteiger partial charge in [-0.2, -0.15) is 0 Å². The molecular formula is C11H18N2O4S2. The van der Waals surface area contributed by atoms with Crippen LogP contribution in [0, 0.1) is 12.8 Å². The van der Waals surface area contributed by atoms with Crippen LogP contribution in [0.1, 0.15) is 31.2 Å². The first kappa shape index (κ1) is 16.1. The van der Waals surface area contributed by atoms with E-state index in [0.717, 1.165) is 11.3 Å². The summed E-state index contributed by atoms with van der Waals surface area (Å²) in [6, 6.07) is 0. The number of aromatic nitrogens is 1. The molecule has 0 saturated heterocycles. The van der Waals surface area contributed by atoms with Crippen molar-refractivity contribution in [3.05, 3.63) is 11.2 Å². The molecule has 0 radical (unpaired) electrons. The van der Waals surface area contributed by atoms with E-state index in [2.05, 4.69) is 9.71 Å². The number of carbonyl (C=O) groups is 1. The number of sulfonamides is 1. The summed E-state index contributed by atoms with van der Waals surface area (Å²) in [4.78, 5) is 14.3. The summed E-state index contributed by atoms with van der Waals surface area (Å²) in [5.41, 5.74) is 0. The summed E-state index contributed by atoms with van der Waals surface area (Å²) in [5, 5.41) is 9.25. The van der Waals surface area contributed by atoms with Crippen LogP contribution in [-0.2, 0) is 14.8 Å². The van der Waals surface area contributed by atoms with Crippen LogP contribution in [0.5, 0.6) is 0 Å².